The highest BCUT2D eigenvalue weighted by Crippen LogP contribution is 2.20. The topological polar surface area (TPSA) is 58.6 Å². The molecule has 1 aromatic rings. The molecule has 118 valence electrons. The van der Waals surface area contributed by atoms with Gasteiger partial charge in [-0.2, -0.15) is 0 Å². The van der Waals surface area contributed by atoms with Crippen LogP contribution in [0.15, 0.2) is 23.1 Å². The Kier molecular flexibility index (Phi) is 5.55. The first-order valence-electron chi connectivity index (χ1n) is 7.08. The van der Waals surface area contributed by atoms with E-state index < -0.39 is 15.8 Å². The van der Waals surface area contributed by atoms with Crippen LogP contribution in [0.2, 0.25) is 0 Å². The minimum Gasteiger partial charge on any atom is -0.494 e. The molecule has 1 fully saturated rings. The summed E-state index contributed by atoms with van der Waals surface area (Å²) in [5, 5.41) is 0. The maximum absolute atomic E-state index is 13.5. The highest BCUT2D eigenvalue weighted by molar-refractivity contribution is 7.89. The SMILES string of the molecule is COc1ccc(S(=O)(=O)NCCCN2CCCC2)cc1F. The molecule has 0 spiro atoms. The summed E-state index contributed by atoms with van der Waals surface area (Å²) in [6.45, 7) is 3.43. The van der Waals surface area contributed by atoms with Crippen LogP contribution in [0, 0.1) is 5.82 Å². The molecule has 1 aliphatic rings. The normalized spacial score (nSPS) is 16.3. The van der Waals surface area contributed by atoms with E-state index in [1.54, 1.807) is 0 Å². The Labute approximate surface area is 125 Å². The molecule has 1 heterocycles. The first-order valence-corrected chi connectivity index (χ1v) is 8.57. The second-order valence-corrected chi connectivity index (χ2v) is 6.86. The summed E-state index contributed by atoms with van der Waals surface area (Å²) in [6.07, 6.45) is 3.19. The Balaban J connectivity index is 1.87. The minimum absolute atomic E-state index is 0.0305. The van der Waals surface area contributed by atoms with Gasteiger partial charge in [-0.1, -0.05) is 0 Å². The first kappa shape index (κ1) is 16.2. The molecule has 0 radical (unpaired) electrons. The Hall–Kier alpha value is -1.18. The quantitative estimate of drug-likeness (QED) is 0.776. The van der Waals surface area contributed by atoms with E-state index in [9.17, 15) is 12.8 Å². The summed E-state index contributed by atoms with van der Waals surface area (Å²) in [6, 6.07) is 3.63. The fraction of sp³-hybridized carbons (Fsp3) is 0.571. The number of nitrogens with one attached hydrogen (secondary N) is 1. The first-order chi connectivity index (χ1) is 10.0. The van der Waals surface area contributed by atoms with Gasteiger partial charge in [0.2, 0.25) is 10.0 Å². The molecule has 0 amide bonds. The highest BCUT2D eigenvalue weighted by Gasteiger charge is 2.16. The lowest BCUT2D eigenvalue weighted by atomic mass is 10.3. The molecule has 0 bridgehead atoms. The van der Waals surface area contributed by atoms with E-state index in [0.717, 1.165) is 32.1 Å². The van der Waals surface area contributed by atoms with Crippen LogP contribution >= 0.6 is 0 Å². The molecule has 0 saturated carbocycles. The highest BCUT2D eigenvalue weighted by atomic mass is 32.2. The van der Waals surface area contributed by atoms with Crippen LogP contribution in [0.3, 0.4) is 0 Å². The molecular formula is C14H21FN2O3S. The van der Waals surface area contributed by atoms with Crippen molar-refractivity contribution in [3.05, 3.63) is 24.0 Å². The number of rotatable bonds is 7. The van der Waals surface area contributed by atoms with E-state index in [1.165, 1.54) is 32.1 Å². The van der Waals surface area contributed by atoms with Crippen molar-refractivity contribution in [3.8, 4) is 5.75 Å². The third kappa shape index (κ3) is 4.39. The van der Waals surface area contributed by atoms with Gasteiger partial charge < -0.3 is 9.64 Å². The lowest BCUT2D eigenvalue weighted by Gasteiger charge is -2.14. The monoisotopic (exact) mass is 316 g/mol. The Bertz CT molecular complexity index is 572. The van der Waals surface area contributed by atoms with Crippen molar-refractivity contribution >= 4 is 10.0 Å². The van der Waals surface area contributed by atoms with Crippen molar-refractivity contribution in [2.45, 2.75) is 24.2 Å². The summed E-state index contributed by atoms with van der Waals surface area (Å²) in [5.41, 5.74) is 0. The van der Waals surface area contributed by atoms with Gasteiger partial charge in [-0.15, -0.1) is 0 Å². The Morgan fingerprint density at radius 2 is 2.05 bits per heavy atom. The van der Waals surface area contributed by atoms with Gasteiger partial charge in [-0.3, -0.25) is 0 Å². The molecular weight excluding hydrogens is 295 g/mol. The smallest absolute Gasteiger partial charge is 0.240 e. The predicted molar refractivity (Wildman–Crippen MR) is 78.4 cm³/mol. The van der Waals surface area contributed by atoms with Gasteiger partial charge in [0.1, 0.15) is 0 Å². The molecule has 0 unspecified atom stereocenters. The van der Waals surface area contributed by atoms with Crippen molar-refractivity contribution in [1.29, 1.82) is 0 Å². The third-order valence-corrected chi connectivity index (χ3v) is 5.03. The zero-order valence-corrected chi connectivity index (χ0v) is 13.0. The number of ether oxygens (including phenoxy) is 1. The molecule has 7 heteroatoms. The molecule has 1 aliphatic heterocycles. The summed E-state index contributed by atoms with van der Waals surface area (Å²) in [7, 11) is -2.33. The number of likely N-dealkylation sites (tertiary alicyclic amines) is 1. The molecule has 2 rings (SSSR count). The molecule has 0 aromatic heterocycles. The van der Waals surface area contributed by atoms with E-state index in [2.05, 4.69) is 9.62 Å². The number of hydrogen-bond acceptors (Lipinski definition) is 4. The van der Waals surface area contributed by atoms with Crippen LogP contribution < -0.4 is 9.46 Å². The van der Waals surface area contributed by atoms with Crippen LogP contribution in [0.1, 0.15) is 19.3 Å². The van der Waals surface area contributed by atoms with E-state index in [0.29, 0.717) is 6.54 Å². The van der Waals surface area contributed by atoms with Crippen molar-refractivity contribution in [2.24, 2.45) is 0 Å². The molecule has 0 aliphatic carbocycles. The largest absolute Gasteiger partial charge is 0.494 e. The Morgan fingerprint density at radius 3 is 2.67 bits per heavy atom. The lowest BCUT2D eigenvalue weighted by Crippen LogP contribution is -2.28. The van der Waals surface area contributed by atoms with E-state index in [-0.39, 0.29) is 10.6 Å². The molecule has 21 heavy (non-hydrogen) atoms. The van der Waals surface area contributed by atoms with Gasteiger partial charge in [-0.25, -0.2) is 17.5 Å². The lowest BCUT2D eigenvalue weighted by molar-refractivity contribution is 0.334. The van der Waals surface area contributed by atoms with E-state index in [1.807, 2.05) is 0 Å². The second-order valence-electron chi connectivity index (χ2n) is 5.10. The van der Waals surface area contributed by atoms with E-state index in [4.69, 9.17) is 4.74 Å². The number of nitrogens with zero attached hydrogens (tertiary/aromatic N) is 1. The number of sulfonamides is 1. The average Bonchev–Trinajstić information content (AvgIpc) is 2.97. The predicted octanol–water partition coefficient (Wildman–Crippen LogP) is 1.60. The van der Waals surface area contributed by atoms with Gasteiger partial charge in [0, 0.05) is 6.54 Å². The standard InChI is InChI=1S/C14H21FN2O3S/c1-20-14-6-5-12(11-13(14)15)21(18,19)16-7-4-10-17-8-2-3-9-17/h5-6,11,16H,2-4,7-10H2,1H3. The van der Waals surface area contributed by atoms with Gasteiger partial charge in [0.25, 0.3) is 0 Å². The van der Waals surface area contributed by atoms with Gasteiger partial charge in [-0.05, 0) is 57.1 Å². The number of methoxy groups -OCH3 is 1. The molecule has 1 saturated heterocycles. The van der Waals surface area contributed by atoms with Crippen LogP contribution in [-0.2, 0) is 10.0 Å². The fourth-order valence-corrected chi connectivity index (χ4v) is 3.50. The average molecular weight is 316 g/mol. The summed E-state index contributed by atoms with van der Waals surface area (Å²) in [5.74, 6) is -0.652. The maximum Gasteiger partial charge on any atom is 0.240 e. The summed E-state index contributed by atoms with van der Waals surface area (Å²) >= 11 is 0. The van der Waals surface area contributed by atoms with Crippen molar-refractivity contribution < 1.29 is 17.5 Å². The number of halogens is 1. The molecule has 1 aromatic carbocycles. The zero-order valence-electron chi connectivity index (χ0n) is 12.1. The summed E-state index contributed by atoms with van der Waals surface area (Å²) in [4.78, 5) is 2.24. The molecule has 0 atom stereocenters. The van der Waals surface area contributed by atoms with Crippen molar-refractivity contribution in [2.75, 3.05) is 33.3 Å². The van der Waals surface area contributed by atoms with Crippen LogP contribution in [0.5, 0.6) is 5.75 Å². The number of benzene rings is 1. The van der Waals surface area contributed by atoms with Gasteiger partial charge in [0.15, 0.2) is 11.6 Å². The second kappa shape index (κ2) is 7.20. The maximum atomic E-state index is 13.5. The van der Waals surface area contributed by atoms with Crippen LogP contribution in [0.4, 0.5) is 4.39 Å². The van der Waals surface area contributed by atoms with Crippen LogP contribution in [-0.4, -0.2) is 46.6 Å². The zero-order chi connectivity index (χ0) is 15.3. The molecule has 1 N–H and O–H groups in total. The fourth-order valence-electron chi connectivity index (χ4n) is 2.41. The Morgan fingerprint density at radius 1 is 1.33 bits per heavy atom. The number of hydrogen-bond donors (Lipinski definition) is 1. The summed E-state index contributed by atoms with van der Waals surface area (Å²) < 4.78 is 44.9. The van der Waals surface area contributed by atoms with Gasteiger partial charge >= 0.3 is 0 Å². The van der Waals surface area contributed by atoms with Gasteiger partial charge in [0.05, 0.1) is 12.0 Å². The van der Waals surface area contributed by atoms with Crippen LogP contribution in [0.25, 0.3) is 0 Å². The van der Waals surface area contributed by atoms with Crippen molar-refractivity contribution in [1.82, 2.24) is 9.62 Å². The third-order valence-electron chi connectivity index (χ3n) is 3.58. The van der Waals surface area contributed by atoms with E-state index >= 15 is 0 Å². The minimum atomic E-state index is -3.67. The molecule has 5 nitrogen and oxygen atoms in total. The van der Waals surface area contributed by atoms with Crippen molar-refractivity contribution in [3.63, 3.8) is 0 Å².